The van der Waals surface area contributed by atoms with Crippen LogP contribution in [0.2, 0.25) is 0 Å². The number of aliphatic hydroxyl groups is 8. The van der Waals surface area contributed by atoms with E-state index in [0.29, 0.717) is 0 Å². The highest BCUT2D eigenvalue weighted by molar-refractivity contribution is 5.85. The second-order valence-corrected chi connectivity index (χ2v) is 10.1. The number of halogens is 1. The standard InChI is InChI=1S/C27H30O16.ClH/c28-7-17-19(33)21(35)23(37)26(42-17)40-15-5-10(30)4-14-11(15)6-16(25(39-14)9-1-2-12(31)13(32)3-9)41-27-24(38)22(36)20(34)18(8-29)43-27;/h1-6,17-24,26-29,31-38H,7-8H2;1H/t17-,18-,19+,20+,21+,22+,23-,24-,26-,27-;/m1./s1. The first-order valence-corrected chi connectivity index (χ1v) is 13.0. The summed E-state index contributed by atoms with van der Waals surface area (Å²) in [6.07, 6.45) is -16.6. The molecule has 2 saturated heterocycles. The van der Waals surface area contributed by atoms with Gasteiger partial charge in [0, 0.05) is 17.7 Å². The molecule has 0 saturated carbocycles. The van der Waals surface area contributed by atoms with Crippen LogP contribution >= 0.6 is 12.4 Å². The highest BCUT2D eigenvalue weighted by Gasteiger charge is 2.46. The molecule has 2 fully saturated rings. The van der Waals surface area contributed by atoms with Gasteiger partial charge in [-0.1, -0.05) is 0 Å². The summed E-state index contributed by atoms with van der Waals surface area (Å²) in [4.78, 5) is 12.6. The van der Waals surface area contributed by atoms with Gasteiger partial charge in [-0.25, -0.2) is 0 Å². The molecule has 0 spiro atoms. The first kappa shape index (κ1) is 33.6. The van der Waals surface area contributed by atoms with E-state index < -0.39 is 91.6 Å². The van der Waals surface area contributed by atoms with Crippen LogP contribution in [0, 0.1) is 0 Å². The van der Waals surface area contributed by atoms with Gasteiger partial charge in [-0.05, 0) is 24.3 Å². The lowest BCUT2D eigenvalue weighted by atomic mass is 9.99. The van der Waals surface area contributed by atoms with E-state index in [0.717, 1.165) is 24.3 Å². The third-order valence-corrected chi connectivity index (χ3v) is 7.21. The quantitative estimate of drug-likeness (QED) is 0.120. The van der Waals surface area contributed by atoms with Crippen LogP contribution in [0.4, 0.5) is 0 Å². The molecule has 1 aliphatic carbocycles. The van der Waals surface area contributed by atoms with Crippen LogP contribution in [0.3, 0.4) is 0 Å². The summed E-state index contributed by atoms with van der Waals surface area (Å²) in [6.45, 7) is -1.47. The maximum Gasteiger partial charge on any atom is 0.229 e. The number of phenolic OH excluding ortho intramolecular Hbond substituents is 2. The number of aliphatic hydroxyl groups excluding tert-OH is 8. The number of benzene rings is 2. The van der Waals surface area contributed by atoms with Crippen LogP contribution in [-0.2, 0) is 9.47 Å². The molecule has 44 heavy (non-hydrogen) atoms. The first-order valence-electron chi connectivity index (χ1n) is 13.0. The van der Waals surface area contributed by atoms with Crippen LogP contribution in [0.15, 0.2) is 45.6 Å². The predicted octanol–water partition coefficient (Wildman–Crippen LogP) is -2.40. The molecule has 10 N–H and O–H groups in total. The molecule has 17 heteroatoms. The molecule has 1 aromatic rings. The molecular weight excluding hydrogens is 616 g/mol. The van der Waals surface area contributed by atoms with E-state index >= 15 is 0 Å². The minimum Gasteiger partial charge on any atom is -0.504 e. The SMILES string of the molecule is Cl.O=c1cc2oc(-c3ccc(O)c(O)c3)c(O[C@@H]3O[C@H](CO)[C@H](O)[C@H](O)[C@H]3O)cc-2c(O[C@@H]2O[C@H](CO)[C@H](O)[C@H](O)[C@H]2O)c1. The Kier molecular flexibility index (Phi) is 10.2. The number of rotatable bonds is 7. The second kappa shape index (κ2) is 13.4. The van der Waals surface area contributed by atoms with Crippen molar-refractivity contribution < 1.29 is 74.4 Å². The number of fused-ring (bicyclic) bond motifs is 1. The van der Waals surface area contributed by atoms with Crippen LogP contribution < -0.4 is 14.9 Å². The Morgan fingerprint density at radius 2 is 1.20 bits per heavy atom. The van der Waals surface area contributed by atoms with E-state index in [4.69, 9.17) is 23.4 Å². The summed E-state index contributed by atoms with van der Waals surface area (Å²) in [5.74, 6) is -1.83. The van der Waals surface area contributed by atoms with E-state index in [-0.39, 0.29) is 46.6 Å². The van der Waals surface area contributed by atoms with Crippen molar-refractivity contribution in [1.29, 1.82) is 0 Å². The summed E-state index contributed by atoms with van der Waals surface area (Å²) in [7, 11) is 0. The van der Waals surface area contributed by atoms with Crippen molar-refractivity contribution in [3.8, 4) is 45.6 Å². The second-order valence-electron chi connectivity index (χ2n) is 10.1. The van der Waals surface area contributed by atoms with Crippen molar-refractivity contribution in [1.82, 2.24) is 0 Å². The van der Waals surface area contributed by atoms with Crippen LogP contribution in [0.1, 0.15) is 0 Å². The Bertz CT molecular complexity index is 1460. The first-order chi connectivity index (χ1) is 20.4. The van der Waals surface area contributed by atoms with Crippen molar-refractivity contribution in [3.05, 3.63) is 46.6 Å². The topological polar surface area (TPSA) is 269 Å². The van der Waals surface area contributed by atoms with Gasteiger partial charge in [-0.3, -0.25) is 4.79 Å². The van der Waals surface area contributed by atoms with E-state index in [1.807, 2.05) is 0 Å². The van der Waals surface area contributed by atoms with Gasteiger partial charge < -0.3 is 74.4 Å². The van der Waals surface area contributed by atoms with Gasteiger partial charge in [0.2, 0.25) is 12.6 Å². The van der Waals surface area contributed by atoms with Gasteiger partial charge in [-0.2, -0.15) is 0 Å². The zero-order chi connectivity index (χ0) is 31.2. The average Bonchev–Trinajstić information content (AvgIpc) is 2.98. The minimum atomic E-state index is -1.83. The minimum absolute atomic E-state index is 0. The van der Waals surface area contributed by atoms with Crippen molar-refractivity contribution in [2.24, 2.45) is 0 Å². The zero-order valence-electron chi connectivity index (χ0n) is 22.5. The average molecular weight is 647 g/mol. The maximum absolute atomic E-state index is 12.6. The van der Waals surface area contributed by atoms with E-state index in [9.17, 15) is 55.9 Å². The van der Waals surface area contributed by atoms with Gasteiger partial charge in [0.25, 0.3) is 0 Å². The molecule has 3 aliphatic heterocycles. The highest BCUT2D eigenvalue weighted by Crippen LogP contribution is 2.44. The van der Waals surface area contributed by atoms with Gasteiger partial charge in [0.1, 0.15) is 60.3 Å². The lowest BCUT2D eigenvalue weighted by molar-refractivity contribution is -0.277. The molecule has 3 heterocycles. The Hall–Kier alpha value is -3.26. The van der Waals surface area contributed by atoms with Crippen molar-refractivity contribution in [3.63, 3.8) is 0 Å². The van der Waals surface area contributed by atoms with Gasteiger partial charge >= 0.3 is 0 Å². The molecule has 0 unspecified atom stereocenters. The highest BCUT2D eigenvalue weighted by atomic mass is 35.5. The summed E-state index contributed by atoms with van der Waals surface area (Å²) in [6, 6.07) is 6.87. The molecule has 10 atom stereocenters. The number of aromatic hydroxyl groups is 2. The maximum atomic E-state index is 12.6. The molecule has 0 bridgehead atoms. The Labute approximate surface area is 253 Å². The van der Waals surface area contributed by atoms with E-state index in [1.54, 1.807) is 0 Å². The Morgan fingerprint density at radius 1 is 0.659 bits per heavy atom. The lowest BCUT2D eigenvalue weighted by Gasteiger charge is -2.40. The molecule has 4 aliphatic rings. The summed E-state index contributed by atoms with van der Waals surface area (Å²) < 4.78 is 28.3. The third kappa shape index (κ3) is 6.28. The molecule has 16 nitrogen and oxygen atoms in total. The molecule has 0 amide bonds. The molecule has 0 radical (unpaired) electrons. The largest absolute Gasteiger partial charge is 0.504 e. The monoisotopic (exact) mass is 646 g/mol. The normalized spacial score (nSPS) is 32.2. The van der Waals surface area contributed by atoms with Crippen molar-refractivity contribution in [2.45, 2.75) is 61.4 Å². The Balaban J connectivity index is 0.00000442. The van der Waals surface area contributed by atoms with Gasteiger partial charge in [-0.15, -0.1) is 12.4 Å². The number of phenols is 2. The molecule has 1 aromatic carbocycles. The third-order valence-electron chi connectivity index (χ3n) is 7.21. The lowest BCUT2D eigenvalue weighted by Crippen LogP contribution is -2.60. The predicted molar refractivity (Wildman–Crippen MR) is 146 cm³/mol. The molecule has 5 rings (SSSR count). The van der Waals surface area contributed by atoms with Crippen LogP contribution in [0.25, 0.3) is 22.6 Å². The fourth-order valence-electron chi connectivity index (χ4n) is 4.79. The fourth-order valence-corrected chi connectivity index (χ4v) is 4.79. The van der Waals surface area contributed by atoms with E-state index in [2.05, 4.69) is 0 Å². The summed E-state index contributed by atoms with van der Waals surface area (Å²) in [5.41, 5.74) is -0.537. The zero-order valence-corrected chi connectivity index (χ0v) is 23.3. The number of hydrogen-bond acceptors (Lipinski definition) is 16. The Morgan fingerprint density at radius 3 is 1.73 bits per heavy atom. The van der Waals surface area contributed by atoms with Crippen LogP contribution in [-0.4, -0.2) is 126 Å². The fraction of sp³-hybridized carbons (Fsp3) is 0.444. The molecule has 242 valence electrons. The van der Waals surface area contributed by atoms with Crippen LogP contribution in [0.5, 0.6) is 23.0 Å². The van der Waals surface area contributed by atoms with Gasteiger partial charge in [0.05, 0.1) is 18.8 Å². The molecular formula is C27H31ClO16. The summed E-state index contributed by atoms with van der Waals surface area (Å²) >= 11 is 0. The smallest absolute Gasteiger partial charge is 0.229 e. The summed E-state index contributed by atoms with van der Waals surface area (Å²) in [5, 5.41) is 100. The molecule has 0 aromatic heterocycles. The van der Waals surface area contributed by atoms with Gasteiger partial charge in [0.15, 0.2) is 28.4 Å². The number of hydrogen-bond donors (Lipinski definition) is 10. The van der Waals surface area contributed by atoms with Crippen molar-refractivity contribution in [2.75, 3.05) is 13.2 Å². The van der Waals surface area contributed by atoms with E-state index in [1.165, 1.54) is 12.1 Å². The number of ether oxygens (including phenoxy) is 4. The van der Waals surface area contributed by atoms with Crippen molar-refractivity contribution >= 4 is 12.4 Å².